The minimum Gasteiger partial charge on any atom is -0.480 e. The van der Waals surface area contributed by atoms with Gasteiger partial charge in [0.1, 0.15) is 36.9 Å². The molecule has 0 aliphatic carbocycles. The summed E-state index contributed by atoms with van der Waals surface area (Å²) < 4.78 is 67.9. The largest absolute Gasteiger partial charge is 0.480 e. The van der Waals surface area contributed by atoms with Crippen LogP contribution in [0.3, 0.4) is 0 Å². The third-order valence-corrected chi connectivity index (χ3v) is 22.1. The van der Waals surface area contributed by atoms with Gasteiger partial charge >= 0.3 is 53.8 Å². The fraction of sp³-hybridized carbons (Fsp3) is 0.634. The molecule has 3 aromatic rings. The van der Waals surface area contributed by atoms with E-state index in [1.807, 2.05) is 29.6 Å². The number of amides is 8. The van der Waals surface area contributed by atoms with Gasteiger partial charge in [0.05, 0.1) is 185 Å². The van der Waals surface area contributed by atoms with Crippen molar-refractivity contribution in [1.82, 2.24) is 62.1 Å². The Morgan fingerprint density at radius 3 is 1.33 bits per heavy atom. The van der Waals surface area contributed by atoms with Crippen molar-refractivity contribution in [2.45, 2.75) is 114 Å². The number of carboxylic acid groups (broad SMARTS) is 7. The summed E-state index contributed by atoms with van der Waals surface area (Å²) in [6.07, 6.45) is 6.56. The van der Waals surface area contributed by atoms with Gasteiger partial charge in [-0.3, -0.25) is 67.7 Å². The van der Waals surface area contributed by atoms with Crippen molar-refractivity contribution in [3.63, 3.8) is 0 Å². The fourth-order valence-corrected chi connectivity index (χ4v) is 14.4. The topological polar surface area (TPSA) is 658 Å². The van der Waals surface area contributed by atoms with Crippen LogP contribution in [0.2, 0.25) is 0 Å². The number of hydrogen-bond donors (Lipinski definition) is 18. The first-order valence-electron chi connectivity index (χ1n) is 47.9. The van der Waals surface area contributed by atoms with Gasteiger partial charge in [0.2, 0.25) is 23.6 Å². The summed E-state index contributed by atoms with van der Waals surface area (Å²) in [4.78, 5) is 170. The second-order valence-electron chi connectivity index (χ2n) is 32.6. The molecule has 1 heterocycles. The third-order valence-electron chi connectivity index (χ3n) is 21.1. The summed E-state index contributed by atoms with van der Waals surface area (Å²) in [6.45, 7) is 7.19. The van der Waals surface area contributed by atoms with Crippen molar-refractivity contribution < 1.29 is 155 Å². The molecule has 1 aliphatic heterocycles. The Morgan fingerprint density at radius 1 is 0.410 bits per heavy atom. The molecule has 0 aromatic heterocycles. The number of halogens is 1. The molecule has 1 aliphatic rings. The number of hydrazone groups is 1. The average Bonchev–Trinajstić information content (AvgIpc) is 0.858. The van der Waals surface area contributed by atoms with Gasteiger partial charge in [0.15, 0.2) is 5.11 Å². The van der Waals surface area contributed by atoms with Gasteiger partial charge in [0.25, 0.3) is 0 Å². The van der Waals surface area contributed by atoms with Crippen molar-refractivity contribution in [3.05, 3.63) is 93.1 Å². The number of nitrogens with zero attached hydrogens (tertiary/aromatic N) is 6. The van der Waals surface area contributed by atoms with Crippen LogP contribution in [0, 0.1) is 3.57 Å². The number of carboxylic acids is 7. The highest BCUT2D eigenvalue weighted by Crippen LogP contribution is 2.19. The van der Waals surface area contributed by atoms with Gasteiger partial charge in [-0.25, -0.2) is 19.2 Å². The standard InChI is InChI=1S/C93H146IN17O32S/c94-72-20-16-69(17-21-72)9-7-15-80(112)97-25-4-2-13-77(89(126)127)105-81(113)24-35-132-37-39-134-41-43-136-45-47-138-49-51-140-53-55-142-57-58-143-56-54-141-52-50-139-48-46-137-44-42-135-40-38-133-36-28-98-88(125)76(104-82(114)62-96-61-79(107-95)71-10-8-11-74(60-71)102-91(130)99-26-5-3-14-78(90(128)129)106-92(131)101-63-83(115)116)12-1-6-27-100-93(144)103-73-22-18-70(19-23-73)59-75-64-110(67-86(121)122)32-31-108(65-84(117)118)29-30-109(66-85(119)120)33-34-111(75)68-87(123)124/h8,10-11,16-23,60-61,75-78H,1-7,9,12-15,24-59,62-68,95H2,(H,97,112)(H,98,125)(H,104,114)(H,105,113)(H,115,116)(H,117,118)(H,119,120)(H,121,122)(H,123,124)(H,126,127)(H,128,129)(H2,99,102,130)(H2,100,103,144)(H2,101,106,131)/t75?,76-,77-,78-/m0/s1. The smallest absolute Gasteiger partial charge is 0.326 e. The summed E-state index contributed by atoms with van der Waals surface area (Å²) in [5, 5.41) is 98.0. The quantitative estimate of drug-likeness (QED) is 0.00930. The van der Waals surface area contributed by atoms with Crippen molar-refractivity contribution in [2.24, 2.45) is 15.9 Å². The molecule has 0 saturated carbocycles. The lowest BCUT2D eigenvalue weighted by Crippen LogP contribution is -2.53. The van der Waals surface area contributed by atoms with E-state index in [2.05, 4.69) is 92.7 Å². The number of thiocarbonyl (C=S) groups is 1. The molecule has 49 nitrogen and oxygen atoms in total. The van der Waals surface area contributed by atoms with Crippen molar-refractivity contribution in [1.29, 1.82) is 0 Å². The minimum absolute atomic E-state index is 0.000789. The number of carbonyl (C=O) groups is 13. The maximum atomic E-state index is 13.8. The number of benzene rings is 3. The summed E-state index contributed by atoms with van der Waals surface area (Å²) in [5.41, 5.74) is 3.40. The first-order valence-corrected chi connectivity index (χ1v) is 49.4. The van der Waals surface area contributed by atoms with E-state index in [0.29, 0.717) is 194 Å². The molecule has 4 atom stereocenters. The van der Waals surface area contributed by atoms with E-state index in [1.54, 1.807) is 56.0 Å². The molecular weight excluding hydrogens is 2030 g/mol. The number of ether oxygens (including phenoxy) is 12. The Morgan fingerprint density at radius 2 is 0.847 bits per heavy atom. The number of carbonyl (C=O) groups excluding carboxylic acids is 6. The molecule has 4 rings (SSSR count). The number of nitrogens with two attached hydrogens (primary N) is 1. The van der Waals surface area contributed by atoms with E-state index in [9.17, 15) is 93.0 Å². The zero-order chi connectivity index (χ0) is 105. The first-order chi connectivity index (χ1) is 69.5. The molecule has 0 spiro atoms. The van der Waals surface area contributed by atoms with Gasteiger partial charge in [-0.15, -0.1) is 0 Å². The molecule has 0 bridgehead atoms. The summed E-state index contributed by atoms with van der Waals surface area (Å²) >= 11 is 7.88. The van der Waals surface area contributed by atoms with Crippen molar-refractivity contribution >= 4 is 141 Å². The molecule has 51 heteroatoms. The molecule has 1 unspecified atom stereocenters. The average molecular weight is 2170 g/mol. The Kier molecular flexibility index (Phi) is 70.2. The van der Waals surface area contributed by atoms with E-state index >= 15 is 0 Å². The van der Waals surface area contributed by atoms with E-state index in [1.165, 1.54) is 11.8 Å². The predicted molar refractivity (Wildman–Crippen MR) is 538 cm³/mol. The van der Waals surface area contributed by atoms with Crippen LogP contribution in [-0.4, -0.2) is 444 Å². The number of rotatable bonds is 82. The molecule has 3 aromatic carbocycles. The fourth-order valence-electron chi connectivity index (χ4n) is 13.8. The molecule has 8 amide bonds. The zero-order valence-corrected chi connectivity index (χ0v) is 84.6. The number of unbranched alkanes of at least 4 members (excludes halogenated alkanes) is 3. The number of nitrogens with one attached hydrogen (secondary N) is 10. The van der Waals surface area contributed by atoms with E-state index < -0.39 is 122 Å². The first kappa shape index (κ1) is 126. The van der Waals surface area contributed by atoms with Crippen LogP contribution in [0.5, 0.6) is 0 Å². The Labute approximate surface area is 856 Å². The molecule has 1 saturated heterocycles. The van der Waals surface area contributed by atoms with Crippen LogP contribution >= 0.6 is 34.8 Å². The highest BCUT2D eigenvalue weighted by molar-refractivity contribution is 14.1. The van der Waals surface area contributed by atoms with Gasteiger partial charge < -0.3 is 152 Å². The van der Waals surface area contributed by atoms with E-state index in [-0.39, 0.29) is 160 Å². The van der Waals surface area contributed by atoms with Crippen LogP contribution in [0.1, 0.15) is 93.7 Å². The molecule has 144 heavy (non-hydrogen) atoms. The van der Waals surface area contributed by atoms with Crippen LogP contribution in [0.4, 0.5) is 21.0 Å². The number of hydrogen-bond acceptors (Lipinski definition) is 33. The highest BCUT2D eigenvalue weighted by Gasteiger charge is 2.30. The lowest BCUT2D eigenvalue weighted by molar-refractivity contribution is -0.142. The second-order valence-corrected chi connectivity index (χ2v) is 34.3. The molecule has 1 fully saturated rings. The minimum atomic E-state index is -1.32. The molecule has 808 valence electrons. The highest BCUT2D eigenvalue weighted by atomic mass is 127. The van der Waals surface area contributed by atoms with E-state index in [4.69, 9.17) is 80.0 Å². The van der Waals surface area contributed by atoms with E-state index in [0.717, 1.165) is 22.0 Å². The zero-order valence-electron chi connectivity index (χ0n) is 81.6. The van der Waals surface area contributed by atoms with Crippen LogP contribution in [-0.2, 0) is 122 Å². The molecule has 0 radical (unpaired) electrons. The number of aliphatic imine (C=N–C) groups is 1. The number of urea groups is 2. The maximum absolute atomic E-state index is 13.8. The number of aliphatic carboxylic acids is 7. The summed E-state index contributed by atoms with van der Waals surface area (Å²) in [6, 6.07) is 16.2. The Balaban J connectivity index is 1.07. The Bertz CT molecular complexity index is 4280. The second kappa shape index (κ2) is 80.5. The van der Waals surface area contributed by atoms with Gasteiger partial charge in [-0.1, -0.05) is 36.4 Å². The lowest BCUT2D eigenvalue weighted by atomic mass is 10.0. The molecule has 19 N–H and O–H groups in total. The van der Waals surface area contributed by atoms with Crippen molar-refractivity contribution in [2.75, 3.05) is 280 Å². The number of anilines is 2. The van der Waals surface area contributed by atoms with Gasteiger partial charge in [-0.05, 0) is 159 Å². The summed E-state index contributed by atoms with van der Waals surface area (Å²) in [7, 11) is 0. The monoisotopic (exact) mass is 2170 g/mol. The van der Waals surface area contributed by atoms with Crippen LogP contribution in [0.25, 0.3) is 0 Å². The van der Waals surface area contributed by atoms with Crippen LogP contribution in [0.15, 0.2) is 82.9 Å². The third kappa shape index (κ3) is 66.3. The van der Waals surface area contributed by atoms with Gasteiger partial charge in [0, 0.05) is 118 Å². The Hall–Kier alpha value is -10.7. The maximum Gasteiger partial charge on any atom is 0.326 e. The summed E-state index contributed by atoms with van der Waals surface area (Å²) in [5.74, 6) is -4.05. The lowest BCUT2D eigenvalue weighted by Gasteiger charge is -2.37. The van der Waals surface area contributed by atoms with Crippen LogP contribution < -0.4 is 59.0 Å². The SMILES string of the molecule is NN=C(C=NCC(=O)N[C@@H](CCCCNC(=S)Nc1ccc(CC2CN(CC(=O)O)CCN(CC(=O)O)CCN(CC(=O)O)CCN2CC(=O)O)cc1)C(=O)NCCOCCOCCOCCOCCOCCOCCOCCOCCOCCOCCOCCOCCC(=O)N[C@@H](CCCCNC(=O)CCCc1ccc(I)cc1)C(=O)O)c1cccc(NC(=O)NCCCC[C@H](NC(=O)NCC(=O)O)C(=O)O)c1. The normalized spacial score (nSPS) is 14.2. The predicted octanol–water partition coefficient (Wildman–Crippen LogP) is 0.851. The number of aryl methyl sites for hydroxylation is 1. The van der Waals surface area contributed by atoms with Gasteiger partial charge in [-0.2, -0.15) is 5.10 Å². The molecular formula is C93H146IN17O32S. The van der Waals surface area contributed by atoms with Crippen molar-refractivity contribution in [3.8, 4) is 0 Å².